The molecule has 2 aromatic carbocycles. The van der Waals surface area contributed by atoms with Gasteiger partial charge in [0.05, 0.1) is 35.9 Å². The number of anilines is 2. The van der Waals surface area contributed by atoms with E-state index in [0.29, 0.717) is 42.8 Å². The molecule has 0 radical (unpaired) electrons. The standard InChI is InChI=1S/C30H30ClFN6O3S/c1-40-10-9-33-13-21(39)15-38-25-7-6-22-27-29(34-17-35-30(27)42-28(22)23(25)14-36-38)37-20-5-8-26(24(31)12-20)41-16-18-3-2-4-19(32)11-18/h2-5,8,11-12,14,17,21,33,39H,6-7,9-10,13,15-16H2,1H3,(H,34,35,37)/t21-/m1/s1. The molecule has 0 aliphatic heterocycles. The van der Waals surface area contributed by atoms with Crippen molar-refractivity contribution in [3.05, 3.63) is 82.6 Å². The van der Waals surface area contributed by atoms with Crippen LogP contribution in [0.25, 0.3) is 20.7 Å². The Morgan fingerprint density at radius 3 is 2.93 bits per heavy atom. The number of aryl methyl sites for hydroxylation is 1. The van der Waals surface area contributed by atoms with E-state index in [2.05, 4.69) is 25.7 Å². The average Bonchev–Trinajstić information content (AvgIpc) is 3.57. The minimum Gasteiger partial charge on any atom is -0.487 e. The number of fused-ring (bicyclic) bond motifs is 5. The molecule has 6 rings (SSSR count). The molecule has 12 heteroatoms. The minimum absolute atomic E-state index is 0.209. The zero-order valence-electron chi connectivity index (χ0n) is 22.9. The first kappa shape index (κ1) is 28.5. The molecule has 0 spiro atoms. The summed E-state index contributed by atoms with van der Waals surface area (Å²) >= 11 is 8.16. The van der Waals surface area contributed by atoms with Crippen LogP contribution in [0.4, 0.5) is 15.9 Å². The van der Waals surface area contributed by atoms with E-state index >= 15 is 0 Å². The summed E-state index contributed by atoms with van der Waals surface area (Å²) in [6, 6.07) is 11.7. The lowest BCUT2D eigenvalue weighted by Gasteiger charge is -2.18. The number of ether oxygens (including phenoxy) is 2. The Kier molecular flexibility index (Phi) is 8.63. The molecule has 1 atom stereocenters. The van der Waals surface area contributed by atoms with E-state index in [1.807, 2.05) is 16.9 Å². The molecule has 0 saturated heterocycles. The van der Waals surface area contributed by atoms with E-state index in [4.69, 9.17) is 21.1 Å². The Bertz CT molecular complexity index is 1710. The van der Waals surface area contributed by atoms with Crippen LogP contribution in [-0.2, 0) is 30.7 Å². The number of nitrogens with one attached hydrogen (secondary N) is 2. The van der Waals surface area contributed by atoms with Crippen molar-refractivity contribution in [3.8, 4) is 16.2 Å². The van der Waals surface area contributed by atoms with Gasteiger partial charge in [-0.15, -0.1) is 11.3 Å². The van der Waals surface area contributed by atoms with Crippen LogP contribution >= 0.6 is 22.9 Å². The summed E-state index contributed by atoms with van der Waals surface area (Å²) in [5.41, 5.74) is 4.86. The first-order valence-electron chi connectivity index (χ1n) is 13.6. The van der Waals surface area contributed by atoms with Gasteiger partial charge in [-0.1, -0.05) is 23.7 Å². The normalized spacial score (nSPS) is 13.1. The van der Waals surface area contributed by atoms with Crippen molar-refractivity contribution in [2.45, 2.75) is 32.1 Å². The second-order valence-electron chi connectivity index (χ2n) is 10.0. The van der Waals surface area contributed by atoms with Crippen molar-refractivity contribution in [1.29, 1.82) is 0 Å². The van der Waals surface area contributed by atoms with Crippen LogP contribution in [0.5, 0.6) is 5.75 Å². The highest BCUT2D eigenvalue weighted by molar-refractivity contribution is 7.22. The van der Waals surface area contributed by atoms with Gasteiger partial charge < -0.3 is 25.2 Å². The van der Waals surface area contributed by atoms with Gasteiger partial charge in [0.1, 0.15) is 35.1 Å². The molecule has 0 amide bonds. The number of rotatable bonds is 12. The molecule has 1 aliphatic rings. The molecular weight excluding hydrogens is 579 g/mol. The molecule has 0 fully saturated rings. The van der Waals surface area contributed by atoms with Crippen LogP contribution < -0.4 is 15.4 Å². The Labute approximate surface area is 251 Å². The molecular formula is C30H30ClFN6O3S. The van der Waals surface area contributed by atoms with E-state index in [-0.39, 0.29) is 12.4 Å². The summed E-state index contributed by atoms with van der Waals surface area (Å²) in [5.74, 6) is 0.905. The fourth-order valence-electron chi connectivity index (χ4n) is 5.13. The highest BCUT2D eigenvalue weighted by Gasteiger charge is 2.27. The van der Waals surface area contributed by atoms with Gasteiger partial charge in [-0.2, -0.15) is 5.10 Å². The van der Waals surface area contributed by atoms with Gasteiger partial charge in [0.15, 0.2) is 0 Å². The summed E-state index contributed by atoms with van der Waals surface area (Å²) in [5, 5.41) is 23.2. The number of hydrogen-bond acceptors (Lipinski definition) is 9. The predicted octanol–water partition coefficient (Wildman–Crippen LogP) is 5.37. The van der Waals surface area contributed by atoms with E-state index in [0.717, 1.165) is 50.4 Å². The molecule has 9 nitrogen and oxygen atoms in total. The molecule has 0 bridgehead atoms. The molecule has 3 heterocycles. The molecule has 5 aromatic rings. The number of benzene rings is 2. The van der Waals surface area contributed by atoms with Crippen LogP contribution in [0, 0.1) is 5.82 Å². The molecule has 1 aliphatic carbocycles. The maximum Gasteiger partial charge on any atom is 0.142 e. The monoisotopic (exact) mass is 608 g/mol. The lowest BCUT2D eigenvalue weighted by Crippen LogP contribution is -2.33. The van der Waals surface area contributed by atoms with Crippen molar-refractivity contribution < 1.29 is 19.0 Å². The lowest BCUT2D eigenvalue weighted by molar-refractivity contribution is 0.139. The number of thiophene rings is 1. The van der Waals surface area contributed by atoms with Gasteiger partial charge in [-0.3, -0.25) is 4.68 Å². The second kappa shape index (κ2) is 12.7. The van der Waals surface area contributed by atoms with Crippen molar-refractivity contribution >= 4 is 44.7 Å². The Morgan fingerprint density at radius 1 is 1.19 bits per heavy atom. The largest absolute Gasteiger partial charge is 0.487 e. The molecule has 0 saturated carbocycles. The number of hydrogen-bond donors (Lipinski definition) is 3. The fraction of sp³-hybridized carbons (Fsp3) is 0.300. The highest BCUT2D eigenvalue weighted by atomic mass is 35.5. The molecule has 218 valence electrons. The number of methoxy groups -OCH3 is 1. The van der Waals surface area contributed by atoms with Crippen LogP contribution in [0.1, 0.15) is 16.8 Å². The van der Waals surface area contributed by atoms with Gasteiger partial charge in [-0.05, 0) is 54.3 Å². The average molecular weight is 609 g/mol. The SMILES string of the molecule is COCCNC[C@@H](O)Cn1ncc2c1CCc1c-2sc2ncnc(Nc3ccc(OCc4cccc(F)c4)c(Cl)c3)c12. The number of aliphatic hydroxyl groups excluding tert-OH is 1. The molecule has 3 N–H and O–H groups in total. The van der Waals surface area contributed by atoms with E-state index in [1.165, 1.54) is 17.7 Å². The maximum absolute atomic E-state index is 13.5. The lowest BCUT2D eigenvalue weighted by atomic mass is 9.95. The van der Waals surface area contributed by atoms with Gasteiger partial charge in [0, 0.05) is 42.0 Å². The summed E-state index contributed by atoms with van der Waals surface area (Å²) in [4.78, 5) is 11.2. The van der Waals surface area contributed by atoms with Crippen molar-refractivity contribution in [1.82, 2.24) is 25.1 Å². The molecule has 0 unspecified atom stereocenters. The molecule has 3 aromatic heterocycles. The quantitative estimate of drug-likeness (QED) is 0.162. The van der Waals surface area contributed by atoms with Crippen LogP contribution in [0.3, 0.4) is 0 Å². The number of aliphatic hydroxyl groups is 1. The van der Waals surface area contributed by atoms with Crippen molar-refractivity contribution in [3.63, 3.8) is 0 Å². The third-order valence-corrected chi connectivity index (χ3v) is 8.59. The number of aromatic nitrogens is 4. The Balaban J connectivity index is 1.19. The summed E-state index contributed by atoms with van der Waals surface area (Å²) < 4.78 is 26.3. The van der Waals surface area contributed by atoms with E-state index in [9.17, 15) is 9.50 Å². The summed E-state index contributed by atoms with van der Waals surface area (Å²) in [6.07, 6.45) is 4.50. The van der Waals surface area contributed by atoms with Crippen molar-refractivity contribution in [2.75, 3.05) is 32.1 Å². The third kappa shape index (κ3) is 6.11. The maximum atomic E-state index is 13.5. The van der Waals surface area contributed by atoms with E-state index in [1.54, 1.807) is 49.0 Å². The van der Waals surface area contributed by atoms with Crippen LogP contribution in [-0.4, -0.2) is 57.8 Å². The number of nitrogens with zero attached hydrogens (tertiary/aromatic N) is 4. The van der Waals surface area contributed by atoms with Gasteiger partial charge >= 0.3 is 0 Å². The van der Waals surface area contributed by atoms with E-state index < -0.39 is 6.10 Å². The van der Waals surface area contributed by atoms with Crippen molar-refractivity contribution in [2.24, 2.45) is 0 Å². The zero-order valence-corrected chi connectivity index (χ0v) is 24.5. The number of halogens is 2. The smallest absolute Gasteiger partial charge is 0.142 e. The molecule has 42 heavy (non-hydrogen) atoms. The first-order chi connectivity index (χ1) is 20.5. The van der Waals surface area contributed by atoms with Gasteiger partial charge in [0.25, 0.3) is 0 Å². The Morgan fingerprint density at radius 2 is 2.10 bits per heavy atom. The Hall–Kier alpha value is -3.61. The minimum atomic E-state index is -0.554. The predicted molar refractivity (Wildman–Crippen MR) is 162 cm³/mol. The highest BCUT2D eigenvalue weighted by Crippen LogP contribution is 2.45. The first-order valence-corrected chi connectivity index (χ1v) is 14.8. The second-order valence-corrected chi connectivity index (χ2v) is 11.4. The summed E-state index contributed by atoms with van der Waals surface area (Å²) in [7, 11) is 1.66. The van der Waals surface area contributed by atoms with Crippen LogP contribution in [0.15, 0.2) is 55.0 Å². The summed E-state index contributed by atoms with van der Waals surface area (Å²) in [6.45, 7) is 2.39. The fourth-order valence-corrected chi connectivity index (χ4v) is 6.59. The zero-order chi connectivity index (χ0) is 29.1. The van der Waals surface area contributed by atoms with Crippen LogP contribution in [0.2, 0.25) is 5.02 Å². The van der Waals surface area contributed by atoms with Gasteiger partial charge in [-0.25, -0.2) is 14.4 Å². The van der Waals surface area contributed by atoms with Gasteiger partial charge in [0.2, 0.25) is 0 Å². The third-order valence-electron chi connectivity index (χ3n) is 7.12. The topological polar surface area (TPSA) is 106 Å².